The van der Waals surface area contributed by atoms with Gasteiger partial charge in [-0.3, -0.25) is 0 Å². The van der Waals surface area contributed by atoms with Gasteiger partial charge in [0.2, 0.25) is 16.0 Å². The zero-order valence-electron chi connectivity index (χ0n) is 16.2. The van der Waals surface area contributed by atoms with Gasteiger partial charge in [0.1, 0.15) is 0 Å². The van der Waals surface area contributed by atoms with E-state index in [0.717, 1.165) is 57.6 Å². The number of anilines is 1. The molecule has 6 nitrogen and oxygen atoms in total. The molecule has 7 heteroatoms. The van der Waals surface area contributed by atoms with Gasteiger partial charge in [-0.25, -0.2) is 18.4 Å². The molecule has 0 N–H and O–H groups in total. The van der Waals surface area contributed by atoms with Gasteiger partial charge in [0.25, 0.3) is 0 Å². The van der Waals surface area contributed by atoms with Crippen molar-refractivity contribution < 1.29 is 8.42 Å². The van der Waals surface area contributed by atoms with Gasteiger partial charge in [-0.2, -0.15) is 4.31 Å². The van der Waals surface area contributed by atoms with E-state index in [1.807, 2.05) is 16.4 Å². The van der Waals surface area contributed by atoms with Crippen molar-refractivity contribution in [3.8, 4) is 0 Å². The van der Waals surface area contributed by atoms with Crippen molar-refractivity contribution in [1.82, 2.24) is 14.3 Å². The highest BCUT2D eigenvalue weighted by atomic mass is 32.2. The summed E-state index contributed by atoms with van der Waals surface area (Å²) in [5.74, 6) is 1.16. The molecule has 1 atom stereocenters. The van der Waals surface area contributed by atoms with Gasteiger partial charge in [0, 0.05) is 38.1 Å². The number of hydrogen-bond acceptors (Lipinski definition) is 5. The Balaban J connectivity index is 1.52. The fraction of sp³-hybridized carbons (Fsp3) is 0.524. The third-order valence-corrected chi connectivity index (χ3v) is 7.96. The molecule has 2 aliphatic heterocycles. The van der Waals surface area contributed by atoms with Crippen LogP contribution in [0.2, 0.25) is 0 Å². The predicted octanol–water partition coefficient (Wildman–Crippen LogP) is 3.33. The van der Waals surface area contributed by atoms with Gasteiger partial charge in [-0.15, -0.1) is 0 Å². The van der Waals surface area contributed by atoms with E-state index in [-0.39, 0.29) is 6.04 Å². The van der Waals surface area contributed by atoms with E-state index in [1.54, 1.807) is 36.7 Å². The summed E-state index contributed by atoms with van der Waals surface area (Å²) in [5.41, 5.74) is 0. The Morgan fingerprint density at radius 2 is 1.54 bits per heavy atom. The van der Waals surface area contributed by atoms with Gasteiger partial charge in [0.05, 0.1) is 4.90 Å². The summed E-state index contributed by atoms with van der Waals surface area (Å²) in [6.07, 6.45) is 9.61. The zero-order valence-corrected chi connectivity index (χ0v) is 17.0. The van der Waals surface area contributed by atoms with Gasteiger partial charge < -0.3 is 4.90 Å². The molecule has 0 radical (unpaired) electrons. The molecule has 0 spiro atoms. The Kier molecular flexibility index (Phi) is 5.92. The van der Waals surface area contributed by atoms with Crippen molar-refractivity contribution in [3.05, 3.63) is 48.8 Å². The topological polar surface area (TPSA) is 66.4 Å². The van der Waals surface area contributed by atoms with Crippen LogP contribution in [0.1, 0.15) is 38.5 Å². The Labute approximate surface area is 167 Å². The van der Waals surface area contributed by atoms with Crippen molar-refractivity contribution in [1.29, 1.82) is 0 Å². The second kappa shape index (κ2) is 8.57. The van der Waals surface area contributed by atoms with Crippen LogP contribution in [0.5, 0.6) is 0 Å². The minimum atomic E-state index is -3.45. The molecule has 2 aliphatic rings. The maximum Gasteiger partial charge on any atom is 0.243 e. The predicted molar refractivity (Wildman–Crippen MR) is 110 cm³/mol. The Hall–Kier alpha value is -1.99. The van der Waals surface area contributed by atoms with Gasteiger partial charge in [-0.05, 0) is 49.8 Å². The zero-order chi connectivity index (χ0) is 19.4. The quantitative estimate of drug-likeness (QED) is 0.788. The van der Waals surface area contributed by atoms with Crippen LogP contribution in [0.4, 0.5) is 5.95 Å². The number of benzene rings is 1. The number of nitrogens with zero attached hydrogens (tertiary/aromatic N) is 4. The Morgan fingerprint density at radius 3 is 2.25 bits per heavy atom. The lowest BCUT2D eigenvalue weighted by molar-refractivity contribution is 0.205. The third-order valence-electron chi connectivity index (χ3n) is 6.02. The molecule has 0 amide bonds. The summed E-state index contributed by atoms with van der Waals surface area (Å²) in [4.78, 5) is 11.3. The average Bonchev–Trinajstić information content (AvgIpc) is 3.02. The molecule has 1 aromatic carbocycles. The first-order valence-electron chi connectivity index (χ1n) is 10.2. The summed E-state index contributed by atoms with van der Waals surface area (Å²) >= 11 is 0. The van der Waals surface area contributed by atoms with E-state index in [1.165, 1.54) is 0 Å². The number of rotatable bonds is 4. The highest BCUT2D eigenvalue weighted by Crippen LogP contribution is 2.34. The standard InChI is InChI=1S/C21H28N4O2S/c26-28(27,19-8-3-1-4-9-19)25-15-6-2-5-10-20(25)18-11-16-24(17-12-18)21-22-13-7-14-23-21/h1,3-4,7-9,13-14,18,20H,2,5-6,10-12,15-17H2. The van der Waals surface area contributed by atoms with Crippen molar-refractivity contribution in [2.75, 3.05) is 24.5 Å². The lowest BCUT2D eigenvalue weighted by Gasteiger charge is -2.40. The normalized spacial score (nSPS) is 22.7. The molecule has 2 saturated heterocycles. The van der Waals surface area contributed by atoms with Crippen molar-refractivity contribution in [3.63, 3.8) is 0 Å². The van der Waals surface area contributed by atoms with E-state index < -0.39 is 10.0 Å². The fourth-order valence-corrected chi connectivity index (χ4v) is 6.32. The van der Waals surface area contributed by atoms with Crippen LogP contribution in [-0.2, 0) is 10.0 Å². The van der Waals surface area contributed by atoms with Crippen LogP contribution in [0.25, 0.3) is 0 Å². The first-order valence-corrected chi connectivity index (χ1v) is 11.7. The van der Waals surface area contributed by atoms with Gasteiger partial charge in [-0.1, -0.05) is 31.0 Å². The molecular formula is C21H28N4O2S. The van der Waals surface area contributed by atoms with Crippen LogP contribution < -0.4 is 4.90 Å². The number of sulfonamides is 1. The van der Waals surface area contributed by atoms with Gasteiger partial charge >= 0.3 is 0 Å². The monoisotopic (exact) mass is 400 g/mol. The number of piperidine rings is 1. The number of aromatic nitrogens is 2. The molecule has 0 bridgehead atoms. The van der Waals surface area contributed by atoms with Gasteiger partial charge in [0.15, 0.2) is 0 Å². The second-order valence-electron chi connectivity index (χ2n) is 7.72. The van der Waals surface area contributed by atoms with Crippen molar-refractivity contribution >= 4 is 16.0 Å². The van der Waals surface area contributed by atoms with Crippen LogP contribution in [0.15, 0.2) is 53.7 Å². The third kappa shape index (κ3) is 4.05. The summed E-state index contributed by atoms with van der Waals surface area (Å²) in [5, 5.41) is 0. The molecule has 150 valence electrons. The van der Waals surface area contributed by atoms with Crippen molar-refractivity contribution in [2.45, 2.75) is 49.5 Å². The lowest BCUT2D eigenvalue weighted by Crippen LogP contribution is -2.48. The van der Waals surface area contributed by atoms with Crippen LogP contribution in [0.3, 0.4) is 0 Å². The average molecular weight is 401 g/mol. The maximum absolute atomic E-state index is 13.4. The van der Waals surface area contributed by atoms with E-state index in [2.05, 4.69) is 14.9 Å². The molecule has 1 aromatic heterocycles. The SMILES string of the molecule is O=S(=O)(c1ccccc1)N1CCCCCC1C1CCN(c2ncccn2)CC1. The second-order valence-corrected chi connectivity index (χ2v) is 9.61. The van der Waals surface area contributed by atoms with E-state index >= 15 is 0 Å². The fourth-order valence-electron chi connectivity index (χ4n) is 4.54. The first-order chi connectivity index (χ1) is 13.7. The van der Waals surface area contributed by atoms with E-state index in [4.69, 9.17) is 0 Å². The molecule has 4 rings (SSSR count). The molecule has 28 heavy (non-hydrogen) atoms. The summed E-state index contributed by atoms with van der Waals surface area (Å²) in [7, 11) is -3.45. The lowest BCUT2D eigenvalue weighted by atomic mass is 9.87. The minimum absolute atomic E-state index is 0.0894. The highest BCUT2D eigenvalue weighted by Gasteiger charge is 2.38. The van der Waals surface area contributed by atoms with Crippen molar-refractivity contribution in [2.24, 2.45) is 5.92 Å². The Morgan fingerprint density at radius 1 is 0.821 bits per heavy atom. The molecular weight excluding hydrogens is 372 g/mol. The molecule has 2 fully saturated rings. The first kappa shape index (κ1) is 19.3. The van der Waals surface area contributed by atoms with Crippen LogP contribution in [-0.4, -0.2) is 48.4 Å². The molecule has 3 heterocycles. The molecule has 0 saturated carbocycles. The Bertz CT molecular complexity index is 852. The summed E-state index contributed by atoms with van der Waals surface area (Å²) in [6.45, 7) is 2.39. The summed E-state index contributed by atoms with van der Waals surface area (Å²) < 4.78 is 28.6. The summed E-state index contributed by atoms with van der Waals surface area (Å²) in [6, 6.07) is 10.8. The van der Waals surface area contributed by atoms with E-state index in [0.29, 0.717) is 17.4 Å². The van der Waals surface area contributed by atoms with Crippen LogP contribution >= 0.6 is 0 Å². The molecule has 0 aliphatic carbocycles. The molecule has 1 unspecified atom stereocenters. The van der Waals surface area contributed by atoms with Crippen LogP contribution in [0, 0.1) is 5.92 Å². The van der Waals surface area contributed by atoms with E-state index in [9.17, 15) is 8.42 Å². The minimum Gasteiger partial charge on any atom is -0.341 e. The smallest absolute Gasteiger partial charge is 0.243 e. The maximum atomic E-state index is 13.4. The highest BCUT2D eigenvalue weighted by molar-refractivity contribution is 7.89. The number of hydrogen-bond donors (Lipinski definition) is 0. The largest absolute Gasteiger partial charge is 0.341 e. The molecule has 2 aromatic rings.